The SMILES string of the molecule is CC(C)C1CCCC(NC(=O)C2COCCN2)C1. The van der Waals surface area contributed by atoms with E-state index in [1.54, 1.807) is 0 Å². The normalized spacial score (nSPS) is 33.4. The molecule has 1 saturated heterocycles. The van der Waals surface area contributed by atoms with Crippen molar-refractivity contribution >= 4 is 5.91 Å². The van der Waals surface area contributed by atoms with E-state index < -0.39 is 0 Å². The zero-order valence-corrected chi connectivity index (χ0v) is 11.6. The van der Waals surface area contributed by atoms with E-state index in [1.165, 1.54) is 12.8 Å². The van der Waals surface area contributed by atoms with Gasteiger partial charge in [-0.2, -0.15) is 0 Å². The highest BCUT2D eigenvalue weighted by molar-refractivity contribution is 5.82. The van der Waals surface area contributed by atoms with E-state index in [1.807, 2.05) is 0 Å². The molecule has 0 aromatic carbocycles. The minimum atomic E-state index is -0.154. The first kappa shape index (κ1) is 13.8. The van der Waals surface area contributed by atoms with E-state index >= 15 is 0 Å². The molecule has 3 atom stereocenters. The lowest BCUT2D eigenvalue weighted by molar-refractivity contribution is -0.127. The minimum Gasteiger partial charge on any atom is -0.378 e. The number of carbonyl (C=O) groups is 1. The molecule has 2 rings (SSSR count). The van der Waals surface area contributed by atoms with Crippen LogP contribution in [0.4, 0.5) is 0 Å². The Morgan fingerprint density at radius 1 is 1.39 bits per heavy atom. The Morgan fingerprint density at radius 3 is 2.89 bits per heavy atom. The smallest absolute Gasteiger partial charge is 0.239 e. The van der Waals surface area contributed by atoms with Crippen molar-refractivity contribution in [3.8, 4) is 0 Å². The van der Waals surface area contributed by atoms with Gasteiger partial charge in [-0.15, -0.1) is 0 Å². The van der Waals surface area contributed by atoms with Crippen LogP contribution in [0.3, 0.4) is 0 Å². The van der Waals surface area contributed by atoms with Gasteiger partial charge in [0.25, 0.3) is 0 Å². The molecule has 0 aromatic heterocycles. The molecule has 1 aliphatic carbocycles. The summed E-state index contributed by atoms with van der Waals surface area (Å²) in [5.74, 6) is 1.60. The van der Waals surface area contributed by atoms with Crippen LogP contribution in [0.25, 0.3) is 0 Å². The van der Waals surface area contributed by atoms with Crippen LogP contribution in [-0.2, 0) is 9.53 Å². The zero-order valence-electron chi connectivity index (χ0n) is 11.6. The number of ether oxygens (including phenoxy) is 1. The first-order valence-corrected chi connectivity index (χ1v) is 7.28. The van der Waals surface area contributed by atoms with Crippen LogP contribution in [-0.4, -0.2) is 37.7 Å². The van der Waals surface area contributed by atoms with Crippen molar-refractivity contribution in [1.29, 1.82) is 0 Å². The first-order chi connectivity index (χ1) is 8.66. The highest BCUT2D eigenvalue weighted by Crippen LogP contribution is 2.29. The van der Waals surface area contributed by atoms with E-state index in [4.69, 9.17) is 4.74 Å². The standard InChI is InChI=1S/C14H26N2O2/c1-10(2)11-4-3-5-12(8-11)16-14(17)13-9-18-7-6-15-13/h10-13,15H,3-9H2,1-2H3,(H,16,17). The summed E-state index contributed by atoms with van der Waals surface area (Å²) in [5, 5.41) is 6.40. The lowest BCUT2D eigenvalue weighted by atomic mass is 9.79. The molecule has 0 radical (unpaired) electrons. The number of rotatable bonds is 3. The number of amides is 1. The molecule has 1 aliphatic heterocycles. The van der Waals surface area contributed by atoms with Crippen LogP contribution in [0.15, 0.2) is 0 Å². The van der Waals surface area contributed by atoms with E-state index in [0.29, 0.717) is 19.3 Å². The van der Waals surface area contributed by atoms with Crippen molar-refractivity contribution in [2.45, 2.75) is 51.6 Å². The van der Waals surface area contributed by atoms with Gasteiger partial charge in [0.1, 0.15) is 6.04 Å². The molecular formula is C14H26N2O2. The van der Waals surface area contributed by atoms with Crippen LogP contribution in [0.5, 0.6) is 0 Å². The molecule has 2 fully saturated rings. The third kappa shape index (κ3) is 3.69. The Hall–Kier alpha value is -0.610. The third-order valence-corrected chi connectivity index (χ3v) is 4.24. The quantitative estimate of drug-likeness (QED) is 0.798. The number of hydrogen-bond acceptors (Lipinski definition) is 3. The van der Waals surface area contributed by atoms with E-state index in [9.17, 15) is 4.79 Å². The van der Waals surface area contributed by atoms with Crippen molar-refractivity contribution in [2.24, 2.45) is 11.8 Å². The summed E-state index contributed by atoms with van der Waals surface area (Å²) in [5.41, 5.74) is 0. The molecule has 104 valence electrons. The Bertz CT molecular complexity index is 275. The Balaban J connectivity index is 1.79. The maximum absolute atomic E-state index is 12.1. The fourth-order valence-corrected chi connectivity index (χ4v) is 3.00. The maximum atomic E-state index is 12.1. The monoisotopic (exact) mass is 254 g/mol. The molecule has 3 unspecified atom stereocenters. The number of carbonyl (C=O) groups excluding carboxylic acids is 1. The Labute approximate surface area is 110 Å². The Morgan fingerprint density at radius 2 is 2.22 bits per heavy atom. The molecule has 0 spiro atoms. The molecule has 1 saturated carbocycles. The lowest BCUT2D eigenvalue weighted by Crippen LogP contribution is -2.54. The first-order valence-electron chi connectivity index (χ1n) is 7.28. The maximum Gasteiger partial charge on any atom is 0.239 e. The van der Waals surface area contributed by atoms with Gasteiger partial charge in [0.2, 0.25) is 5.91 Å². The van der Waals surface area contributed by atoms with Gasteiger partial charge in [0.15, 0.2) is 0 Å². The lowest BCUT2D eigenvalue weighted by Gasteiger charge is -2.33. The Kier molecular flexibility index (Phi) is 5.01. The van der Waals surface area contributed by atoms with Crippen molar-refractivity contribution in [3.05, 3.63) is 0 Å². The largest absolute Gasteiger partial charge is 0.378 e. The highest BCUT2D eigenvalue weighted by Gasteiger charge is 2.28. The highest BCUT2D eigenvalue weighted by atomic mass is 16.5. The molecule has 2 N–H and O–H groups in total. The second kappa shape index (κ2) is 6.53. The molecule has 1 heterocycles. The van der Waals surface area contributed by atoms with Crippen molar-refractivity contribution < 1.29 is 9.53 Å². The van der Waals surface area contributed by atoms with E-state index in [-0.39, 0.29) is 11.9 Å². The average molecular weight is 254 g/mol. The van der Waals surface area contributed by atoms with Crippen LogP contribution in [0.1, 0.15) is 39.5 Å². The van der Waals surface area contributed by atoms with Gasteiger partial charge in [0, 0.05) is 12.6 Å². The van der Waals surface area contributed by atoms with Crippen molar-refractivity contribution in [2.75, 3.05) is 19.8 Å². The topological polar surface area (TPSA) is 50.4 Å². The van der Waals surface area contributed by atoms with Gasteiger partial charge in [-0.1, -0.05) is 26.7 Å². The predicted octanol–water partition coefficient (Wildman–Crippen LogP) is 1.31. The molecular weight excluding hydrogens is 228 g/mol. The number of hydrogen-bond donors (Lipinski definition) is 2. The van der Waals surface area contributed by atoms with Crippen LogP contribution in [0.2, 0.25) is 0 Å². The number of nitrogens with one attached hydrogen (secondary N) is 2. The summed E-state index contributed by atoms with van der Waals surface area (Å²) in [6.07, 6.45) is 4.82. The molecule has 0 aromatic rings. The van der Waals surface area contributed by atoms with Gasteiger partial charge < -0.3 is 15.4 Å². The molecule has 4 nitrogen and oxygen atoms in total. The van der Waals surface area contributed by atoms with Gasteiger partial charge in [0.05, 0.1) is 13.2 Å². The molecule has 2 aliphatic rings. The second-order valence-electron chi connectivity index (χ2n) is 5.96. The van der Waals surface area contributed by atoms with E-state index in [0.717, 1.165) is 31.2 Å². The minimum absolute atomic E-state index is 0.115. The zero-order chi connectivity index (χ0) is 13.0. The number of morpholine rings is 1. The summed E-state index contributed by atoms with van der Waals surface area (Å²) in [6.45, 7) is 6.56. The fourth-order valence-electron chi connectivity index (χ4n) is 3.00. The summed E-state index contributed by atoms with van der Waals surface area (Å²) < 4.78 is 5.33. The van der Waals surface area contributed by atoms with Crippen molar-refractivity contribution in [1.82, 2.24) is 10.6 Å². The molecule has 0 bridgehead atoms. The van der Waals surface area contributed by atoms with Crippen LogP contribution in [0, 0.1) is 11.8 Å². The van der Waals surface area contributed by atoms with Crippen LogP contribution < -0.4 is 10.6 Å². The summed E-state index contributed by atoms with van der Waals surface area (Å²) in [4.78, 5) is 12.1. The van der Waals surface area contributed by atoms with E-state index in [2.05, 4.69) is 24.5 Å². The molecule has 4 heteroatoms. The van der Waals surface area contributed by atoms with Crippen LogP contribution >= 0.6 is 0 Å². The average Bonchev–Trinajstić information content (AvgIpc) is 2.40. The van der Waals surface area contributed by atoms with Gasteiger partial charge in [-0.25, -0.2) is 0 Å². The summed E-state index contributed by atoms with van der Waals surface area (Å²) in [6, 6.07) is 0.209. The van der Waals surface area contributed by atoms with Gasteiger partial charge in [-0.3, -0.25) is 4.79 Å². The third-order valence-electron chi connectivity index (χ3n) is 4.24. The second-order valence-corrected chi connectivity index (χ2v) is 5.96. The summed E-state index contributed by atoms with van der Waals surface area (Å²) in [7, 11) is 0. The van der Waals surface area contributed by atoms with Crippen molar-refractivity contribution in [3.63, 3.8) is 0 Å². The predicted molar refractivity (Wildman–Crippen MR) is 71.3 cm³/mol. The summed E-state index contributed by atoms with van der Waals surface area (Å²) >= 11 is 0. The van der Waals surface area contributed by atoms with Gasteiger partial charge >= 0.3 is 0 Å². The molecule has 18 heavy (non-hydrogen) atoms. The van der Waals surface area contributed by atoms with Gasteiger partial charge in [-0.05, 0) is 24.7 Å². The fraction of sp³-hybridized carbons (Fsp3) is 0.929. The molecule has 1 amide bonds.